The number of fused-ring (bicyclic) bond motifs is 1. The van der Waals surface area contributed by atoms with Crippen LogP contribution in [0.3, 0.4) is 0 Å². The lowest BCUT2D eigenvalue weighted by atomic mass is 10.3. The van der Waals surface area contributed by atoms with Gasteiger partial charge in [0.1, 0.15) is 0 Å². The Hall–Kier alpha value is -1.09. The standard InChI is InChI=1S/C9H9NOS/c1-10-7-5-3-2-4-6-8(7)11-9(10)12/h3-6H,2H2,1H3. The van der Waals surface area contributed by atoms with Crippen molar-refractivity contribution in [1.82, 2.24) is 4.57 Å². The third-order valence-electron chi connectivity index (χ3n) is 1.90. The fourth-order valence-electron chi connectivity index (χ4n) is 1.23. The first-order valence-corrected chi connectivity index (χ1v) is 4.23. The van der Waals surface area contributed by atoms with Gasteiger partial charge in [0.2, 0.25) is 0 Å². The molecule has 1 aromatic heterocycles. The Balaban J connectivity index is 2.73. The van der Waals surface area contributed by atoms with Crippen LogP contribution in [0.4, 0.5) is 0 Å². The molecule has 0 fully saturated rings. The number of hydrogen-bond donors (Lipinski definition) is 0. The topological polar surface area (TPSA) is 18.1 Å². The van der Waals surface area contributed by atoms with Crippen molar-refractivity contribution in [3.8, 4) is 0 Å². The summed E-state index contributed by atoms with van der Waals surface area (Å²) in [5, 5.41) is 0. The fraction of sp³-hybridized carbons (Fsp3) is 0.222. The van der Waals surface area contributed by atoms with Crippen molar-refractivity contribution in [2.75, 3.05) is 0 Å². The van der Waals surface area contributed by atoms with Gasteiger partial charge in [-0.15, -0.1) is 0 Å². The van der Waals surface area contributed by atoms with Gasteiger partial charge < -0.3 is 8.98 Å². The first-order chi connectivity index (χ1) is 5.79. The van der Waals surface area contributed by atoms with Crippen LogP contribution in [-0.4, -0.2) is 4.57 Å². The smallest absolute Gasteiger partial charge is 0.269 e. The third kappa shape index (κ3) is 1.06. The van der Waals surface area contributed by atoms with Gasteiger partial charge in [-0.25, -0.2) is 0 Å². The van der Waals surface area contributed by atoms with Crippen LogP contribution in [0.15, 0.2) is 16.6 Å². The van der Waals surface area contributed by atoms with Crippen LogP contribution in [0.5, 0.6) is 0 Å². The van der Waals surface area contributed by atoms with Crippen molar-refractivity contribution < 1.29 is 4.42 Å². The minimum absolute atomic E-state index is 0.524. The van der Waals surface area contributed by atoms with Crippen molar-refractivity contribution in [2.24, 2.45) is 7.05 Å². The molecule has 0 amide bonds. The molecule has 0 radical (unpaired) electrons. The molecule has 12 heavy (non-hydrogen) atoms. The highest BCUT2D eigenvalue weighted by Gasteiger charge is 2.07. The molecule has 62 valence electrons. The summed E-state index contributed by atoms with van der Waals surface area (Å²) in [4.78, 5) is 0.524. The maximum Gasteiger partial charge on any atom is 0.269 e. The summed E-state index contributed by atoms with van der Waals surface area (Å²) in [5.74, 6) is 0.858. The van der Waals surface area contributed by atoms with Crippen LogP contribution in [0, 0.1) is 4.84 Å². The van der Waals surface area contributed by atoms with Crippen molar-refractivity contribution in [1.29, 1.82) is 0 Å². The molecular weight excluding hydrogens is 170 g/mol. The number of oxazole rings is 1. The summed E-state index contributed by atoms with van der Waals surface area (Å²) in [6.07, 6.45) is 9.10. The van der Waals surface area contributed by atoms with E-state index in [0.29, 0.717) is 4.84 Å². The number of rotatable bonds is 0. The number of aromatic nitrogens is 1. The molecule has 0 aromatic carbocycles. The molecule has 0 bridgehead atoms. The van der Waals surface area contributed by atoms with Gasteiger partial charge in [0.25, 0.3) is 4.84 Å². The Morgan fingerprint density at radius 3 is 3.00 bits per heavy atom. The second kappa shape index (κ2) is 2.75. The molecule has 1 aliphatic rings. The molecule has 1 heterocycles. The van der Waals surface area contributed by atoms with Crippen molar-refractivity contribution in [3.63, 3.8) is 0 Å². The molecule has 3 heteroatoms. The summed E-state index contributed by atoms with van der Waals surface area (Å²) in [7, 11) is 1.91. The number of allylic oxidation sites excluding steroid dienone is 2. The summed E-state index contributed by atoms with van der Waals surface area (Å²) >= 11 is 4.99. The summed E-state index contributed by atoms with van der Waals surface area (Å²) in [6, 6.07) is 0. The molecule has 1 aromatic rings. The van der Waals surface area contributed by atoms with E-state index in [4.69, 9.17) is 16.6 Å². The Kier molecular flexibility index (Phi) is 1.73. The van der Waals surface area contributed by atoms with Crippen molar-refractivity contribution >= 4 is 24.4 Å². The van der Waals surface area contributed by atoms with E-state index in [0.717, 1.165) is 17.9 Å². The van der Waals surface area contributed by atoms with Crippen molar-refractivity contribution in [2.45, 2.75) is 6.42 Å². The van der Waals surface area contributed by atoms with Gasteiger partial charge >= 0.3 is 0 Å². The van der Waals surface area contributed by atoms with Crippen LogP contribution in [0.2, 0.25) is 0 Å². The summed E-state index contributed by atoms with van der Waals surface area (Å²) in [5.41, 5.74) is 1.05. The normalized spacial score (nSPS) is 14.4. The predicted octanol–water partition coefficient (Wildman–Crippen LogP) is 2.78. The van der Waals surface area contributed by atoms with Crippen LogP contribution in [0.1, 0.15) is 17.9 Å². The lowest BCUT2D eigenvalue weighted by Gasteiger charge is -1.91. The van der Waals surface area contributed by atoms with E-state index in [1.54, 1.807) is 0 Å². The largest absolute Gasteiger partial charge is 0.429 e. The van der Waals surface area contributed by atoms with E-state index in [1.165, 1.54) is 0 Å². The van der Waals surface area contributed by atoms with E-state index >= 15 is 0 Å². The second-order valence-electron chi connectivity index (χ2n) is 2.72. The maximum absolute atomic E-state index is 5.36. The zero-order valence-electron chi connectivity index (χ0n) is 6.78. The fourth-order valence-corrected chi connectivity index (χ4v) is 1.41. The van der Waals surface area contributed by atoms with E-state index < -0.39 is 0 Å². The summed E-state index contributed by atoms with van der Waals surface area (Å²) < 4.78 is 7.23. The monoisotopic (exact) mass is 179 g/mol. The highest BCUT2D eigenvalue weighted by atomic mass is 32.1. The van der Waals surface area contributed by atoms with Gasteiger partial charge in [-0.1, -0.05) is 12.2 Å². The second-order valence-corrected chi connectivity index (χ2v) is 3.07. The van der Waals surface area contributed by atoms with E-state index in [1.807, 2.05) is 23.8 Å². The Morgan fingerprint density at radius 1 is 1.42 bits per heavy atom. The highest BCUT2D eigenvalue weighted by Crippen LogP contribution is 2.18. The SMILES string of the molecule is Cn1c2c(oc1=S)C=CCC=C2. The lowest BCUT2D eigenvalue weighted by molar-refractivity contribution is 0.515. The molecule has 0 atom stereocenters. The minimum atomic E-state index is 0.524. The molecule has 0 N–H and O–H groups in total. The zero-order valence-corrected chi connectivity index (χ0v) is 7.60. The Morgan fingerprint density at radius 2 is 2.17 bits per heavy atom. The van der Waals surface area contributed by atoms with Gasteiger partial charge in [-0.3, -0.25) is 0 Å². The molecule has 0 saturated carbocycles. The Labute approximate surface area is 75.8 Å². The molecular formula is C9H9NOS. The van der Waals surface area contributed by atoms with Crippen LogP contribution < -0.4 is 0 Å². The van der Waals surface area contributed by atoms with Gasteiger partial charge in [-0.05, 0) is 30.8 Å². The average Bonchev–Trinajstić information content (AvgIpc) is 2.30. The molecule has 0 spiro atoms. The van der Waals surface area contributed by atoms with Crippen LogP contribution >= 0.6 is 12.2 Å². The lowest BCUT2D eigenvalue weighted by Crippen LogP contribution is -1.90. The molecule has 0 unspecified atom stereocenters. The molecule has 2 rings (SSSR count). The first kappa shape index (κ1) is 7.55. The quantitative estimate of drug-likeness (QED) is 0.570. The van der Waals surface area contributed by atoms with Gasteiger partial charge in [0.15, 0.2) is 5.76 Å². The Bertz CT molecular complexity index is 409. The minimum Gasteiger partial charge on any atom is -0.429 e. The average molecular weight is 179 g/mol. The van der Waals surface area contributed by atoms with Gasteiger partial charge in [-0.2, -0.15) is 0 Å². The molecule has 0 aliphatic heterocycles. The number of hydrogen-bond acceptors (Lipinski definition) is 2. The molecule has 0 saturated heterocycles. The van der Waals surface area contributed by atoms with Gasteiger partial charge in [0, 0.05) is 7.05 Å². The highest BCUT2D eigenvalue weighted by molar-refractivity contribution is 7.71. The zero-order chi connectivity index (χ0) is 8.55. The summed E-state index contributed by atoms with van der Waals surface area (Å²) in [6.45, 7) is 0. The first-order valence-electron chi connectivity index (χ1n) is 3.82. The number of nitrogens with zero attached hydrogens (tertiary/aromatic N) is 1. The van der Waals surface area contributed by atoms with E-state index in [-0.39, 0.29) is 0 Å². The molecule has 1 aliphatic carbocycles. The maximum atomic E-state index is 5.36. The van der Waals surface area contributed by atoms with Gasteiger partial charge in [0.05, 0.1) is 5.69 Å². The molecule has 2 nitrogen and oxygen atoms in total. The van der Waals surface area contributed by atoms with Crippen molar-refractivity contribution in [3.05, 3.63) is 28.4 Å². The van der Waals surface area contributed by atoms with E-state index in [2.05, 4.69) is 12.2 Å². The van der Waals surface area contributed by atoms with Crippen LogP contribution in [-0.2, 0) is 7.05 Å². The predicted molar refractivity (Wildman–Crippen MR) is 51.2 cm³/mol. The third-order valence-corrected chi connectivity index (χ3v) is 2.26. The van der Waals surface area contributed by atoms with Crippen LogP contribution in [0.25, 0.3) is 12.2 Å². The van der Waals surface area contributed by atoms with E-state index in [9.17, 15) is 0 Å².